The molecule has 10 heteroatoms. The largest absolute Gasteiger partial charge is 0.388 e. The molecule has 0 saturated carbocycles. The molecular weight excluding hydrogens is 442 g/mol. The van der Waals surface area contributed by atoms with Crippen LogP contribution >= 0.6 is 0 Å². The van der Waals surface area contributed by atoms with Crippen LogP contribution in [-0.4, -0.2) is 42.0 Å². The van der Waals surface area contributed by atoms with Gasteiger partial charge in [0.2, 0.25) is 0 Å². The van der Waals surface area contributed by atoms with Gasteiger partial charge in [-0.1, -0.05) is 13.0 Å². The first kappa shape index (κ1) is 23.1. The summed E-state index contributed by atoms with van der Waals surface area (Å²) < 4.78 is 29.0. The number of hydrogen-bond acceptors (Lipinski definition) is 6. The number of nitrogens with zero attached hydrogens (tertiary/aromatic N) is 3. The van der Waals surface area contributed by atoms with Crippen molar-refractivity contribution in [3.05, 3.63) is 75.7 Å². The van der Waals surface area contributed by atoms with Gasteiger partial charge in [-0.05, 0) is 42.7 Å². The van der Waals surface area contributed by atoms with E-state index in [1.807, 2.05) is 0 Å². The Morgan fingerprint density at radius 1 is 1.12 bits per heavy atom. The Morgan fingerprint density at radius 3 is 2.44 bits per heavy atom. The first-order valence-corrected chi connectivity index (χ1v) is 10.8. The van der Waals surface area contributed by atoms with Gasteiger partial charge in [0.05, 0.1) is 11.4 Å². The molecule has 1 saturated heterocycles. The minimum Gasteiger partial charge on any atom is -0.388 e. The molecule has 8 nitrogen and oxygen atoms in total. The summed E-state index contributed by atoms with van der Waals surface area (Å²) >= 11 is 0. The fourth-order valence-corrected chi connectivity index (χ4v) is 4.12. The standard InChI is InChI=1S/C24H24F2N6O2/c1-14-10-11-31(13-14)22-15(12-27)18(28-2)6-7-19(22)29-24(34)20-8-9-21(33)32(30-20)23-16(25)4-3-5-17(23)26/h3-9,12,14,27-28H,10-11,13H2,1-2H3,(H,29,34)/t14-/m0/s1. The summed E-state index contributed by atoms with van der Waals surface area (Å²) in [6, 6.07) is 8.89. The maximum Gasteiger partial charge on any atom is 0.276 e. The first-order chi connectivity index (χ1) is 16.3. The summed E-state index contributed by atoms with van der Waals surface area (Å²) in [6.07, 6.45) is 2.22. The fourth-order valence-electron chi connectivity index (χ4n) is 4.12. The normalized spacial score (nSPS) is 15.3. The van der Waals surface area contributed by atoms with E-state index in [0.717, 1.165) is 43.4 Å². The lowest BCUT2D eigenvalue weighted by atomic mass is 10.1. The lowest BCUT2D eigenvalue weighted by Gasteiger charge is -2.25. The Hall–Kier alpha value is -4.08. The average molecular weight is 466 g/mol. The van der Waals surface area contributed by atoms with Crippen molar-refractivity contribution in [2.45, 2.75) is 13.3 Å². The Balaban J connectivity index is 1.74. The topological polar surface area (TPSA) is 103 Å². The summed E-state index contributed by atoms with van der Waals surface area (Å²) in [5.74, 6) is -2.15. The van der Waals surface area contributed by atoms with E-state index in [0.29, 0.717) is 27.5 Å². The van der Waals surface area contributed by atoms with Crippen molar-refractivity contribution in [1.29, 1.82) is 5.41 Å². The minimum absolute atomic E-state index is 0.197. The monoisotopic (exact) mass is 466 g/mol. The van der Waals surface area contributed by atoms with E-state index in [1.165, 1.54) is 18.3 Å². The summed E-state index contributed by atoms with van der Waals surface area (Å²) in [4.78, 5) is 27.5. The molecule has 4 rings (SSSR count). The maximum absolute atomic E-state index is 14.2. The van der Waals surface area contributed by atoms with Crippen LogP contribution in [0.4, 0.5) is 25.8 Å². The Bertz CT molecular complexity index is 1300. The highest BCUT2D eigenvalue weighted by atomic mass is 19.1. The second-order valence-electron chi connectivity index (χ2n) is 8.15. The van der Waals surface area contributed by atoms with Crippen LogP contribution in [0.25, 0.3) is 5.69 Å². The molecular formula is C24H24F2N6O2. The molecule has 3 N–H and O–H groups in total. The van der Waals surface area contributed by atoms with Gasteiger partial charge in [0.15, 0.2) is 11.6 Å². The highest BCUT2D eigenvalue weighted by Crippen LogP contribution is 2.37. The van der Waals surface area contributed by atoms with Crippen LogP contribution in [0.3, 0.4) is 0 Å². The number of benzene rings is 2. The van der Waals surface area contributed by atoms with E-state index in [2.05, 4.69) is 27.6 Å². The second kappa shape index (κ2) is 9.42. The molecule has 0 unspecified atom stereocenters. The lowest BCUT2D eigenvalue weighted by Crippen LogP contribution is -2.27. The van der Waals surface area contributed by atoms with Gasteiger partial charge in [0.1, 0.15) is 11.4 Å². The van der Waals surface area contributed by atoms with Crippen LogP contribution in [0.15, 0.2) is 47.3 Å². The zero-order valence-electron chi connectivity index (χ0n) is 18.7. The van der Waals surface area contributed by atoms with Crippen molar-refractivity contribution >= 4 is 29.2 Å². The van der Waals surface area contributed by atoms with E-state index in [4.69, 9.17) is 5.41 Å². The highest BCUT2D eigenvalue weighted by molar-refractivity contribution is 6.08. The van der Waals surface area contributed by atoms with Gasteiger partial charge in [-0.3, -0.25) is 9.59 Å². The smallest absolute Gasteiger partial charge is 0.276 e. The van der Waals surface area contributed by atoms with Crippen LogP contribution in [0.5, 0.6) is 0 Å². The number of amides is 1. The summed E-state index contributed by atoms with van der Waals surface area (Å²) in [5.41, 5.74) is 0.901. The van der Waals surface area contributed by atoms with Crippen molar-refractivity contribution in [2.75, 3.05) is 35.7 Å². The van der Waals surface area contributed by atoms with Gasteiger partial charge in [-0.25, -0.2) is 8.78 Å². The molecule has 1 aliphatic heterocycles. The third kappa shape index (κ3) is 4.26. The average Bonchev–Trinajstić information content (AvgIpc) is 3.25. The van der Waals surface area contributed by atoms with Crippen LogP contribution in [0, 0.1) is 23.0 Å². The summed E-state index contributed by atoms with van der Waals surface area (Å²) in [6.45, 7) is 3.68. The van der Waals surface area contributed by atoms with E-state index < -0.39 is 28.8 Å². The number of rotatable bonds is 6. The van der Waals surface area contributed by atoms with Gasteiger partial charge in [0, 0.05) is 43.7 Å². The summed E-state index contributed by atoms with van der Waals surface area (Å²) in [7, 11) is 1.76. The number of aromatic nitrogens is 2. The SMILES string of the molecule is CNc1ccc(NC(=O)c2ccc(=O)n(-c3c(F)cccc3F)n2)c(N2CC[C@H](C)C2)c1C=N. The fraction of sp³-hybridized carbons (Fsp3) is 0.250. The molecule has 0 spiro atoms. The minimum atomic E-state index is -0.976. The molecule has 34 heavy (non-hydrogen) atoms. The predicted molar refractivity (Wildman–Crippen MR) is 128 cm³/mol. The van der Waals surface area contributed by atoms with E-state index in [-0.39, 0.29) is 5.69 Å². The molecule has 1 aromatic heterocycles. The number of hydrogen-bond donors (Lipinski definition) is 3. The Morgan fingerprint density at radius 2 is 1.82 bits per heavy atom. The lowest BCUT2D eigenvalue weighted by molar-refractivity contribution is 0.102. The third-order valence-corrected chi connectivity index (χ3v) is 5.80. The highest BCUT2D eigenvalue weighted by Gasteiger charge is 2.26. The maximum atomic E-state index is 14.2. The van der Waals surface area contributed by atoms with Gasteiger partial charge in [0.25, 0.3) is 11.5 Å². The zero-order valence-corrected chi connectivity index (χ0v) is 18.7. The Labute approximate surface area is 194 Å². The van der Waals surface area contributed by atoms with Gasteiger partial charge < -0.3 is 20.9 Å². The van der Waals surface area contributed by atoms with Crippen molar-refractivity contribution in [1.82, 2.24) is 9.78 Å². The van der Waals surface area contributed by atoms with Gasteiger partial charge >= 0.3 is 0 Å². The molecule has 0 radical (unpaired) electrons. The number of para-hydroxylation sites is 1. The second-order valence-corrected chi connectivity index (χ2v) is 8.15. The van der Waals surface area contributed by atoms with E-state index >= 15 is 0 Å². The number of nitrogens with one attached hydrogen (secondary N) is 3. The molecule has 0 bridgehead atoms. The van der Waals surface area contributed by atoms with Crippen molar-refractivity contribution in [3.63, 3.8) is 0 Å². The molecule has 2 heterocycles. The molecule has 1 aliphatic rings. The number of carbonyl (C=O) groups is 1. The Kier molecular flexibility index (Phi) is 6.40. The molecule has 176 valence electrons. The number of halogens is 2. The molecule has 1 amide bonds. The van der Waals surface area contributed by atoms with Crippen molar-refractivity contribution in [3.8, 4) is 5.69 Å². The summed E-state index contributed by atoms with van der Waals surface area (Å²) in [5, 5.41) is 17.7. The number of anilines is 3. The molecule has 1 atom stereocenters. The van der Waals surface area contributed by atoms with Gasteiger partial charge in [-0.2, -0.15) is 9.78 Å². The third-order valence-electron chi connectivity index (χ3n) is 5.80. The van der Waals surface area contributed by atoms with E-state index in [9.17, 15) is 18.4 Å². The quantitative estimate of drug-likeness (QED) is 0.481. The van der Waals surface area contributed by atoms with Crippen molar-refractivity contribution in [2.24, 2.45) is 5.92 Å². The molecule has 0 aliphatic carbocycles. The predicted octanol–water partition coefficient (Wildman–Crippen LogP) is 3.65. The molecule has 3 aromatic rings. The van der Waals surface area contributed by atoms with Gasteiger partial charge in [-0.15, -0.1) is 0 Å². The van der Waals surface area contributed by atoms with Crippen LogP contribution in [0.2, 0.25) is 0 Å². The zero-order chi connectivity index (χ0) is 24.4. The van der Waals surface area contributed by atoms with Crippen molar-refractivity contribution < 1.29 is 13.6 Å². The van der Waals surface area contributed by atoms with Crippen LogP contribution in [0.1, 0.15) is 29.4 Å². The first-order valence-electron chi connectivity index (χ1n) is 10.8. The molecule has 2 aromatic carbocycles. The van der Waals surface area contributed by atoms with E-state index in [1.54, 1.807) is 19.2 Å². The molecule has 1 fully saturated rings. The number of carbonyl (C=O) groups excluding carboxylic acids is 1. The van der Waals surface area contributed by atoms with Crippen LogP contribution < -0.4 is 21.1 Å². The van der Waals surface area contributed by atoms with Crippen LogP contribution in [-0.2, 0) is 0 Å².